The van der Waals surface area contributed by atoms with Crippen LogP contribution in [0.25, 0.3) is 0 Å². The lowest BCUT2D eigenvalue weighted by atomic mass is 10.2. The maximum absolute atomic E-state index is 12.5. The molecule has 0 radical (unpaired) electrons. The largest absolute Gasteiger partial charge is 0.416 e. The predicted molar refractivity (Wildman–Crippen MR) is 77.5 cm³/mol. The Morgan fingerprint density at radius 2 is 1.65 bits per heavy atom. The van der Waals surface area contributed by atoms with E-state index in [1.165, 1.54) is 12.1 Å². The van der Waals surface area contributed by atoms with Gasteiger partial charge in [-0.3, -0.25) is 9.59 Å². The van der Waals surface area contributed by atoms with Crippen molar-refractivity contribution in [3.63, 3.8) is 0 Å². The minimum atomic E-state index is -4.40. The molecule has 4 nitrogen and oxygen atoms in total. The van der Waals surface area contributed by atoms with E-state index in [0.29, 0.717) is 12.1 Å². The van der Waals surface area contributed by atoms with Gasteiger partial charge in [0.25, 0.3) is 0 Å². The van der Waals surface area contributed by atoms with Crippen LogP contribution in [0.15, 0.2) is 24.3 Å². The number of likely N-dealkylation sites (tertiary alicyclic amines) is 1. The Bertz CT molecular complexity index is 607. The molecule has 1 heterocycles. The van der Waals surface area contributed by atoms with Crippen LogP contribution in [-0.4, -0.2) is 29.8 Å². The third-order valence-corrected chi connectivity index (χ3v) is 4.34. The monoisotopic (exact) mass is 326 g/mol. The van der Waals surface area contributed by atoms with E-state index in [1.54, 1.807) is 4.90 Å². The second kappa shape index (κ2) is 5.86. The summed E-state index contributed by atoms with van der Waals surface area (Å²) in [6.45, 7) is 1.51. The molecule has 2 atom stereocenters. The van der Waals surface area contributed by atoms with E-state index in [2.05, 4.69) is 5.32 Å². The molecule has 0 aromatic heterocycles. The van der Waals surface area contributed by atoms with Gasteiger partial charge in [-0.15, -0.1) is 0 Å². The van der Waals surface area contributed by atoms with Crippen molar-refractivity contribution >= 4 is 17.5 Å². The second-order valence-electron chi connectivity index (χ2n) is 6.05. The number of carbonyl (C=O) groups is 2. The molecule has 1 aromatic carbocycles. The van der Waals surface area contributed by atoms with Gasteiger partial charge in [0.2, 0.25) is 11.8 Å². The molecular weight excluding hydrogens is 309 g/mol. The number of nitrogens with zero attached hydrogens (tertiary/aromatic N) is 1. The molecule has 0 bridgehead atoms. The highest BCUT2D eigenvalue weighted by Gasteiger charge is 2.49. The van der Waals surface area contributed by atoms with Crippen molar-refractivity contribution < 1.29 is 22.8 Å². The Labute approximate surface area is 131 Å². The summed E-state index contributed by atoms with van der Waals surface area (Å²) in [5, 5.41) is 2.58. The van der Waals surface area contributed by atoms with Crippen molar-refractivity contribution in [1.82, 2.24) is 4.90 Å². The molecule has 0 spiro atoms. The summed E-state index contributed by atoms with van der Waals surface area (Å²) in [4.78, 5) is 26.0. The highest BCUT2D eigenvalue weighted by molar-refractivity contribution is 5.99. The van der Waals surface area contributed by atoms with E-state index in [4.69, 9.17) is 0 Å². The first-order chi connectivity index (χ1) is 10.9. The number of rotatable bonds is 3. The summed E-state index contributed by atoms with van der Waals surface area (Å²) in [6, 6.07) is 4.30. The van der Waals surface area contributed by atoms with E-state index in [0.717, 1.165) is 38.1 Å². The molecule has 124 valence electrons. The van der Waals surface area contributed by atoms with Crippen molar-refractivity contribution in [2.24, 2.45) is 11.8 Å². The highest BCUT2D eigenvalue weighted by atomic mass is 19.4. The van der Waals surface area contributed by atoms with Crippen LogP contribution in [0, 0.1) is 11.8 Å². The number of amides is 2. The van der Waals surface area contributed by atoms with Gasteiger partial charge in [-0.2, -0.15) is 13.2 Å². The fourth-order valence-corrected chi connectivity index (χ4v) is 2.91. The molecule has 3 rings (SSSR count). The summed E-state index contributed by atoms with van der Waals surface area (Å²) in [5.74, 6) is -0.926. The molecule has 1 aromatic rings. The van der Waals surface area contributed by atoms with E-state index in [9.17, 15) is 22.8 Å². The van der Waals surface area contributed by atoms with Crippen LogP contribution < -0.4 is 5.32 Å². The third-order valence-electron chi connectivity index (χ3n) is 4.34. The van der Waals surface area contributed by atoms with Crippen molar-refractivity contribution in [1.29, 1.82) is 0 Å². The highest BCUT2D eigenvalue weighted by Crippen LogP contribution is 2.41. The van der Waals surface area contributed by atoms with Gasteiger partial charge in [0.1, 0.15) is 0 Å². The zero-order valence-corrected chi connectivity index (χ0v) is 12.4. The molecule has 23 heavy (non-hydrogen) atoms. The molecule has 2 unspecified atom stereocenters. The fourth-order valence-electron chi connectivity index (χ4n) is 2.91. The Morgan fingerprint density at radius 3 is 2.22 bits per heavy atom. The Hall–Kier alpha value is -2.05. The maximum Gasteiger partial charge on any atom is 0.416 e. The van der Waals surface area contributed by atoms with E-state index >= 15 is 0 Å². The number of halogens is 3. The molecule has 1 saturated carbocycles. The lowest BCUT2D eigenvalue weighted by molar-refractivity contribution is -0.137. The molecular formula is C16H17F3N2O2. The second-order valence-corrected chi connectivity index (χ2v) is 6.05. The zero-order valence-electron chi connectivity index (χ0n) is 12.4. The zero-order chi connectivity index (χ0) is 16.6. The van der Waals surface area contributed by atoms with Gasteiger partial charge in [0.05, 0.1) is 17.4 Å². The molecule has 2 fully saturated rings. The predicted octanol–water partition coefficient (Wildman–Crippen LogP) is 2.90. The smallest absolute Gasteiger partial charge is 0.342 e. The van der Waals surface area contributed by atoms with Crippen molar-refractivity contribution in [2.45, 2.75) is 25.4 Å². The normalized spacial score (nSPS) is 23.7. The average Bonchev–Trinajstić information content (AvgIpc) is 3.11. The van der Waals surface area contributed by atoms with Crippen LogP contribution in [0.1, 0.15) is 24.8 Å². The number of alkyl halides is 3. The van der Waals surface area contributed by atoms with Crippen LogP contribution in [-0.2, 0) is 15.8 Å². The standard InChI is InChI=1S/C16H17F3N2O2/c17-16(18,19)10-3-5-11(6-4-10)20-14(22)12-9-13(12)15(23)21-7-1-2-8-21/h3-6,12-13H,1-2,7-9H2,(H,20,22). The first-order valence-corrected chi connectivity index (χ1v) is 7.63. The van der Waals surface area contributed by atoms with Crippen LogP contribution >= 0.6 is 0 Å². The molecule has 2 aliphatic rings. The fraction of sp³-hybridized carbons (Fsp3) is 0.500. The topological polar surface area (TPSA) is 49.4 Å². The van der Waals surface area contributed by atoms with Crippen LogP contribution in [0.2, 0.25) is 0 Å². The summed E-state index contributed by atoms with van der Waals surface area (Å²) < 4.78 is 37.4. The molecule has 1 aliphatic carbocycles. The molecule has 7 heteroatoms. The first-order valence-electron chi connectivity index (χ1n) is 7.63. The number of anilines is 1. The number of carbonyl (C=O) groups excluding carboxylic acids is 2. The minimum absolute atomic E-state index is 0.0232. The van der Waals surface area contributed by atoms with Gasteiger partial charge in [-0.25, -0.2) is 0 Å². The quantitative estimate of drug-likeness (QED) is 0.928. The summed E-state index contributed by atoms with van der Waals surface area (Å²) in [7, 11) is 0. The number of hydrogen-bond acceptors (Lipinski definition) is 2. The number of nitrogens with one attached hydrogen (secondary N) is 1. The lowest BCUT2D eigenvalue weighted by Crippen LogP contribution is -2.30. The first kappa shape index (κ1) is 15.8. The van der Waals surface area contributed by atoms with Crippen LogP contribution in [0.5, 0.6) is 0 Å². The van der Waals surface area contributed by atoms with Crippen molar-refractivity contribution in [3.05, 3.63) is 29.8 Å². The molecule has 1 aliphatic heterocycles. The van der Waals surface area contributed by atoms with Crippen molar-refractivity contribution in [3.8, 4) is 0 Å². The van der Waals surface area contributed by atoms with Gasteiger partial charge >= 0.3 is 6.18 Å². The molecule has 1 N–H and O–H groups in total. The van der Waals surface area contributed by atoms with Crippen LogP contribution in [0.4, 0.5) is 18.9 Å². The van der Waals surface area contributed by atoms with E-state index in [-0.39, 0.29) is 23.7 Å². The number of benzene rings is 1. The Morgan fingerprint density at radius 1 is 1.04 bits per heavy atom. The Kier molecular flexibility index (Phi) is 4.04. The lowest BCUT2D eigenvalue weighted by Gasteiger charge is -2.15. The SMILES string of the molecule is O=C(Nc1ccc(C(F)(F)F)cc1)C1CC1C(=O)N1CCCC1. The molecule has 1 saturated heterocycles. The number of hydrogen-bond donors (Lipinski definition) is 1. The van der Waals surface area contributed by atoms with Crippen LogP contribution in [0.3, 0.4) is 0 Å². The summed E-state index contributed by atoms with van der Waals surface area (Å²) in [5.41, 5.74) is -0.453. The van der Waals surface area contributed by atoms with Gasteiger partial charge in [-0.05, 0) is 43.5 Å². The average molecular weight is 326 g/mol. The maximum atomic E-state index is 12.5. The summed E-state index contributed by atoms with van der Waals surface area (Å²) >= 11 is 0. The summed E-state index contributed by atoms with van der Waals surface area (Å²) in [6.07, 6.45) is -1.88. The Balaban J connectivity index is 1.55. The van der Waals surface area contributed by atoms with E-state index in [1.807, 2.05) is 0 Å². The van der Waals surface area contributed by atoms with Gasteiger partial charge in [-0.1, -0.05) is 0 Å². The van der Waals surface area contributed by atoms with Gasteiger partial charge < -0.3 is 10.2 Å². The van der Waals surface area contributed by atoms with Gasteiger partial charge in [0, 0.05) is 18.8 Å². The van der Waals surface area contributed by atoms with Crippen molar-refractivity contribution in [2.75, 3.05) is 18.4 Å². The third kappa shape index (κ3) is 3.48. The van der Waals surface area contributed by atoms with E-state index < -0.39 is 11.7 Å². The minimum Gasteiger partial charge on any atom is -0.342 e. The molecule has 2 amide bonds. The van der Waals surface area contributed by atoms with Gasteiger partial charge in [0.15, 0.2) is 0 Å².